The number of anilines is 1. The number of amides is 2. The Hall–Kier alpha value is -5.17. The first-order valence-corrected chi connectivity index (χ1v) is 14.5. The third-order valence-electron chi connectivity index (χ3n) is 6.63. The quantitative estimate of drug-likeness (QED) is 0.0385. The van der Waals surface area contributed by atoms with Crippen molar-refractivity contribution in [2.45, 2.75) is 25.7 Å². The second-order valence-corrected chi connectivity index (χ2v) is 10.4. The van der Waals surface area contributed by atoms with Crippen LogP contribution in [0.3, 0.4) is 0 Å². The van der Waals surface area contributed by atoms with E-state index in [-0.39, 0.29) is 35.4 Å². The molecule has 2 amide bonds. The van der Waals surface area contributed by atoms with Gasteiger partial charge in [-0.25, -0.2) is 0 Å². The zero-order valence-corrected chi connectivity index (χ0v) is 24.8. The second-order valence-electron chi connectivity index (χ2n) is 9.99. The van der Waals surface area contributed by atoms with Gasteiger partial charge in [-0.15, -0.1) is 0 Å². The summed E-state index contributed by atoms with van der Waals surface area (Å²) in [5.74, 6) is 0.293. The zero-order valence-electron chi connectivity index (χ0n) is 24.0. The fourth-order valence-electron chi connectivity index (χ4n) is 4.55. The van der Waals surface area contributed by atoms with Crippen LogP contribution in [0.25, 0.3) is 33.4 Å². The summed E-state index contributed by atoms with van der Waals surface area (Å²) in [6.07, 6.45) is 1.94. The molecule has 12 nitrogen and oxygen atoms in total. The lowest BCUT2D eigenvalue weighted by Gasteiger charge is -2.16. The first-order chi connectivity index (χ1) is 21.2. The lowest BCUT2D eigenvalue weighted by Crippen LogP contribution is -2.33. The fourth-order valence-corrected chi connectivity index (χ4v) is 4.77. The maximum Gasteiger partial charge on any atom is 0.221 e. The molecule has 0 aromatic heterocycles. The number of phenolic OH excluding ortho intramolecular Hbond substituents is 1. The van der Waals surface area contributed by atoms with Crippen LogP contribution in [0.15, 0.2) is 74.9 Å². The van der Waals surface area contributed by atoms with Crippen LogP contribution >= 0.6 is 12.2 Å². The fraction of sp³-hybridized carbons (Fsp3) is 0.258. The van der Waals surface area contributed by atoms with Crippen molar-refractivity contribution in [2.24, 2.45) is 16.5 Å². The number of phenols is 1. The van der Waals surface area contributed by atoms with Gasteiger partial charge >= 0.3 is 0 Å². The molecule has 0 bridgehead atoms. The molecule has 4 rings (SSSR count). The molecule has 2 aromatic rings. The average Bonchev–Trinajstić information content (AvgIpc) is 2.98. The van der Waals surface area contributed by atoms with Crippen molar-refractivity contribution in [3.05, 3.63) is 70.9 Å². The van der Waals surface area contributed by atoms with Crippen LogP contribution in [0.1, 0.15) is 25.7 Å². The van der Waals surface area contributed by atoms with E-state index < -0.39 is 0 Å². The predicted molar refractivity (Wildman–Crippen MR) is 176 cm³/mol. The molecule has 0 unspecified atom stereocenters. The summed E-state index contributed by atoms with van der Waals surface area (Å²) >= 11 is 5.39. The predicted octanol–water partition coefficient (Wildman–Crippen LogP) is 2.62. The first-order valence-electron chi connectivity index (χ1n) is 14.1. The van der Waals surface area contributed by atoms with Crippen LogP contribution < -0.4 is 38.2 Å². The highest BCUT2D eigenvalue weighted by molar-refractivity contribution is 7.80. The van der Waals surface area contributed by atoms with E-state index in [9.17, 15) is 19.5 Å². The molecule has 0 atom stereocenters. The number of carbonyl (C=O) groups excluding carboxylic acids is 2. The van der Waals surface area contributed by atoms with E-state index in [0.29, 0.717) is 61.9 Å². The highest BCUT2D eigenvalue weighted by Gasteiger charge is 2.17. The number of hydrogen-bond acceptors (Lipinski definition) is 7. The van der Waals surface area contributed by atoms with Gasteiger partial charge in [-0.3, -0.25) is 19.4 Å². The molecule has 1 aliphatic carbocycles. The molecule has 230 valence electrons. The third kappa shape index (κ3) is 9.16. The van der Waals surface area contributed by atoms with Gasteiger partial charge in [-0.05, 0) is 67.0 Å². The molecule has 13 heteroatoms. The minimum absolute atomic E-state index is 0.00996. The Morgan fingerprint density at radius 1 is 0.864 bits per heavy atom. The van der Waals surface area contributed by atoms with Crippen LogP contribution in [0.5, 0.6) is 5.75 Å². The Labute approximate surface area is 259 Å². The summed E-state index contributed by atoms with van der Waals surface area (Å²) in [6, 6.07) is 17.2. The number of aliphatic imine (C=N–C) groups is 1. The molecule has 1 heterocycles. The van der Waals surface area contributed by atoms with E-state index >= 15 is 0 Å². The Morgan fingerprint density at radius 3 is 2.39 bits per heavy atom. The van der Waals surface area contributed by atoms with Crippen LogP contribution in [0, 0.1) is 0 Å². The number of guanidine groups is 1. The molecule has 0 saturated heterocycles. The monoisotopic (exact) mass is 617 g/mol. The average molecular weight is 618 g/mol. The SMILES string of the molecule is NC(N)=NCCNC(=O)CCCCNC(=O)CCNC(=S)Nc1ccc(-c2c3ccc(=O)cc-3oc3cc(O)ccc23)cc1. The van der Waals surface area contributed by atoms with Crippen molar-refractivity contribution in [3.63, 3.8) is 0 Å². The normalized spacial score (nSPS) is 10.7. The topological polar surface area (TPSA) is 197 Å². The highest BCUT2D eigenvalue weighted by Crippen LogP contribution is 2.40. The van der Waals surface area contributed by atoms with Crippen molar-refractivity contribution in [1.82, 2.24) is 16.0 Å². The van der Waals surface area contributed by atoms with E-state index in [1.54, 1.807) is 18.2 Å². The summed E-state index contributed by atoms with van der Waals surface area (Å²) in [6.45, 7) is 1.55. The number of nitrogens with one attached hydrogen (secondary N) is 4. The van der Waals surface area contributed by atoms with Crippen LogP contribution in [-0.4, -0.2) is 54.2 Å². The molecule has 0 radical (unpaired) electrons. The first kappa shape index (κ1) is 31.8. The molecule has 0 spiro atoms. The number of fused-ring (bicyclic) bond motifs is 2. The largest absolute Gasteiger partial charge is 0.508 e. The van der Waals surface area contributed by atoms with Crippen molar-refractivity contribution in [1.29, 1.82) is 0 Å². The Kier molecular flexibility index (Phi) is 11.1. The van der Waals surface area contributed by atoms with Crippen LogP contribution in [-0.2, 0) is 9.59 Å². The smallest absolute Gasteiger partial charge is 0.221 e. The number of nitrogens with zero attached hydrogens (tertiary/aromatic N) is 1. The van der Waals surface area contributed by atoms with Gasteiger partial charge in [-0.2, -0.15) is 0 Å². The minimum Gasteiger partial charge on any atom is -0.508 e. The lowest BCUT2D eigenvalue weighted by atomic mass is 9.93. The summed E-state index contributed by atoms with van der Waals surface area (Å²) < 4.78 is 5.91. The number of hydrogen-bond donors (Lipinski definition) is 7. The van der Waals surface area contributed by atoms with E-state index in [2.05, 4.69) is 26.3 Å². The molecule has 44 heavy (non-hydrogen) atoms. The lowest BCUT2D eigenvalue weighted by molar-refractivity contribution is -0.121. The van der Waals surface area contributed by atoms with E-state index in [1.807, 2.05) is 24.3 Å². The summed E-state index contributed by atoms with van der Waals surface area (Å²) in [4.78, 5) is 39.6. The van der Waals surface area contributed by atoms with Crippen molar-refractivity contribution in [2.75, 3.05) is 31.5 Å². The summed E-state index contributed by atoms with van der Waals surface area (Å²) in [7, 11) is 0. The summed E-state index contributed by atoms with van der Waals surface area (Å²) in [5.41, 5.74) is 14.1. The molecular weight excluding hydrogens is 582 g/mol. The number of rotatable bonds is 13. The molecule has 0 fully saturated rings. The number of thiocarbonyl (C=S) groups is 1. The number of benzene rings is 3. The Morgan fingerprint density at radius 2 is 1.61 bits per heavy atom. The van der Waals surface area contributed by atoms with Crippen molar-refractivity contribution in [3.8, 4) is 28.2 Å². The van der Waals surface area contributed by atoms with Gasteiger partial charge in [0.25, 0.3) is 0 Å². The minimum atomic E-state index is -0.167. The van der Waals surface area contributed by atoms with Gasteiger partial charge in [0.05, 0.1) is 6.54 Å². The van der Waals surface area contributed by atoms with Gasteiger partial charge < -0.3 is 42.3 Å². The number of nitrogens with two attached hydrogens (primary N) is 2. The number of carbonyl (C=O) groups is 2. The van der Waals surface area contributed by atoms with Gasteiger partial charge in [0.15, 0.2) is 16.5 Å². The van der Waals surface area contributed by atoms with Gasteiger partial charge in [0.2, 0.25) is 11.8 Å². The highest BCUT2D eigenvalue weighted by atomic mass is 32.1. The Balaban J connectivity index is 1.21. The maximum atomic E-state index is 12.1. The van der Waals surface area contributed by atoms with Gasteiger partial charge in [0, 0.05) is 66.8 Å². The number of unbranched alkanes of at least 4 members (excludes halogenated alkanes) is 1. The van der Waals surface area contributed by atoms with Crippen LogP contribution in [0.4, 0.5) is 5.69 Å². The van der Waals surface area contributed by atoms with E-state index in [4.69, 9.17) is 28.1 Å². The van der Waals surface area contributed by atoms with Gasteiger partial charge in [0.1, 0.15) is 17.1 Å². The molecule has 0 saturated carbocycles. The molecular formula is C31H35N7O5S. The standard InChI is InChI=1S/C31H35N7O5S/c32-30(33)36-16-15-35-27(41)3-1-2-13-34-28(42)12-14-37-31(44)38-20-6-4-19(5-7-20)29-23-10-8-21(39)17-25(23)43-26-18-22(40)9-11-24(26)29/h4-11,17-18,39H,1-3,12-16H2,(H,34,42)(H,35,41)(H4,32,33,36)(H2,37,38,44). The van der Waals surface area contributed by atoms with Crippen molar-refractivity contribution >= 4 is 51.8 Å². The number of aromatic hydroxyl groups is 1. The third-order valence-corrected chi connectivity index (χ3v) is 6.87. The molecule has 9 N–H and O–H groups in total. The molecule has 2 aliphatic rings. The van der Waals surface area contributed by atoms with E-state index in [0.717, 1.165) is 27.8 Å². The molecule has 2 aromatic carbocycles. The molecule has 1 aliphatic heterocycles. The summed E-state index contributed by atoms with van der Waals surface area (Å²) in [5, 5.41) is 22.8. The maximum absolute atomic E-state index is 12.1. The Bertz CT molecular complexity index is 1680. The van der Waals surface area contributed by atoms with E-state index in [1.165, 1.54) is 18.2 Å². The zero-order chi connectivity index (χ0) is 31.5. The second kappa shape index (κ2) is 15.3. The van der Waals surface area contributed by atoms with Crippen LogP contribution in [0.2, 0.25) is 0 Å². The van der Waals surface area contributed by atoms with Crippen molar-refractivity contribution < 1.29 is 19.1 Å². The van der Waals surface area contributed by atoms with Gasteiger partial charge in [-0.1, -0.05) is 12.1 Å².